The lowest BCUT2D eigenvalue weighted by molar-refractivity contribution is 0.143. The van der Waals surface area contributed by atoms with Crippen LogP contribution in [0.4, 0.5) is 11.5 Å². The lowest BCUT2D eigenvalue weighted by atomic mass is 9.77. The fraction of sp³-hybridized carbons (Fsp3) is 0.524. The van der Waals surface area contributed by atoms with Crippen molar-refractivity contribution in [3.8, 4) is 11.4 Å². The molecule has 4 aliphatic rings. The van der Waals surface area contributed by atoms with Crippen LogP contribution in [0.3, 0.4) is 0 Å². The van der Waals surface area contributed by atoms with E-state index in [1.54, 1.807) is 0 Å². The van der Waals surface area contributed by atoms with E-state index < -0.39 is 21.3 Å². The zero-order valence-electron chi connectivity index (χ0n) is 16.7. The van der Waals surface area contributed by atoms with Crippen LogP contribution in [0.1, 0.15) is 48.6 Å². The highest BCUT2D eigenvalue weighted by Crippen LogP contribution is 2.49. The zero-order chi connectivity index (χ0) is 20.5. The van der Waals surface area contributed by atoms with Crippen LogP contribution < -0.4 is 10.0 Å². The highest BCUT2D eigenvalue weighted by molar-refractivity contribution is 8.05. The van der Waals surface area contributed by atoms with E-state index in [1.165, 1.54) is 0 Å². The van der Waals surface area contributed by atoms with Gasteiger partial charge in [0.2, 0.25) is 4.90 Å². The zero-order valence-corrected chi connectivity index (χ0v) is 18.4. The standard InChI is InChI=1S/C21H26N4O3S2/c26-12-21(7-2-8-21)24-20-18-16(6-9-29(18)27)22-19(23-20)13-4-5-15-14(11-13)17-3-1-10-30(17,28)25-15/h4-5,11,17,26,30H,1-3,6-10,12H2,(H,25,28)(H,22,23,24)/t17?,29-/m1/s1. The largest absolute Gasteiger partial charge is 0.611 e. The number of aliphatic hydroxyl groups excluding tert-OH is 1. The van der Waals surface area contributed by atoms with Crippen molar-refractivity contribution in [3.63, 3.8) is 0 Å². The van der Waals surface area contributed by atoms with Gasteiger partial charge in [0.05, 0.1) is 17.4 Å². The Morgan fingerprint density at radius 3 is 2.97 bits per heavy atom. The first-order valence-corrected chi connectivity index (χ1v) is 14.0. The van der Waals surface area contributed by atoms with Crippen molar-refractivity contribution in [2.24, 2.45) is 0 Å². The molecule has 0 radical (unpaired) electrons. The summed E-state index contributed by atoms with van der Waals surface area (Å²) in [5.74, 6) is 2.53. The molecule has 160 valence electrons. The van der Waals surface area contributed by atoms with Crippen molar-refractivity contribution in [2.75, 3.05) is 28.2 Å². The molecule has 0 bridgehead atoms. The van der Waals surface area contributed by atoms with Gasteiger partial charge in [0.25, 0.3) is 0 Å². The van der Waals surface area contributed by atoms with E-state index in [1.807, 2.05) is 12.1 Å². The predicted octanol–water partition coefficient (Wildman–Crippen LogP) is 2.33. The van der Waals surface area contributed by atoms with Crippen LogP contribution >= 0.6 is 0 Å². The van der Waals surface area contributed by atoms with Gasteiger partial charge in [0.15, 0.2) is 11.6 Å². The van der Waals surface area contributed by atoms with E-state index >= 15 is 0 Å². The number of thiol groups is 1. The third-order valence-electron chi connectivity index (χ3n) is 7.13. The van der Waals surface area contributed by atoms with Gasteiger partial charge in [0.1, 0.15) is 11.4 Å². The summed E-state index contributed by atoms with van der Waals surface area (Å²) in [6, 6.07) is 6.05. The van der Waals surface area contributed by atoms with Crippen LogP contribution in [0.2, 0.25) is 0 Å². The molecule has 1 aliphatic carbocycles. The lowest BCUT2D eigenvalue weighted by Crippen LogP contribution is -2.48. The number of aromatic nitrogens is 2. The molecule has 2 atom stereocenters. The van der Waals surface area contributed by atoms with Crippen LogP contribution in [0.25, 0.3) is 11.4 Å². The Morgan fingerprint density at radius 1 is 1.33 bits per heavy atom. The van der Waals surface area contributed by atoms with E-state index in [4.69, 9.17) is 9.97 Å². The molecule has 2 aromatic rings. The SMILES string of the molecule is O=[SH]12CCCC1c1cc(-c3nc4c(c(NC5(CO)CCC5)n3)[S@+]([O-])CC4)ccc1N2. The Bertz CT molecular complexity index is 1080. The summed E-state index contributed by atoms with van der Waals surface area (Å²) in [4.78, 5) is 10.3. The minimum atomic E-state index is -2.35. The van der Waals surface area contributed by atoms with Crippen molar-refractivity contribution in [2.45, 2.75) is 54.2 Å². The molecule has 1 saturated heterocycles. The fourth-order valence-corrected chi connectivity index (χ4v) is 9.68. The number of anilines is 2. The van der Waals surface area contributed by atoms with Gasteiger partial charge in [0, 0.05) is 23.4 Å². The third kappa shape index (κ3) is 2.75. The van der Waals surface area contributed by atoms with Crippen molar-refractivity contribution in [1.29, 1.82) is 0 Å². The molecule has 6 rings (SSSR count). The number of aliphatic hydroxyl groups is 1. The molecular formula is C21H26N4O3S2. The van der Waals surface area contributed by atoms with Crippen molar-refractivity contribution < 1.29 is 13.9 Å². The van der Waals surface area contributed by atoms with E-state index in [0.717, 1.165) is 60.4 Å². The molecule has 0 spiro atoms. The first kappa shape index (κ1) is 19.0. The second-order valence-corrected chi connectivity index (χ2v) is 13.4. The quantitative estimate of drug-likeness (QED) is 0.424. The Labute approximate surface area is 179 Å². The first-order valence-electron chi connectivity index (χ1n) is 10.7. The van der Waals surface area contributed by atoms with Crippen molar-refractivity contribution >= 4 is 32.8 Å². The Kier molecular flexibility index (Phi) is 4.22. The predicted molar refractivity (Wildman–Crippen MR) is 120 cm³/mol. The van der Waals surface area contributed by atoms with Gasteiger partial charge in [-0.1, -0.05) is 0 Å². The Hall–Kier alpha value is -1.68. The highest BCUT2D eigenvalue weighted by atomic mass is 32.3. The molecule has 3 N–H and O–H groups in total. The fourth-order valence-electron chi connectivity index (χ4n) is 5.27. The molecule has 2 fully saturated rings. The van der Waals surface area contributed by atoms with Crippen LogP contribution in [0, 0.1) is 0 Å². The molecular weight excluding hydrogens is 420 g/mol. The Balaban J connectivity index is 1.43. The van der Waals surface area contributed by atoms with E-state index in [9.17, 15) is 13.9 Å². The maximum atomic E-state index is 13.1. The van der Waals surface area contributed by atoms with Gasteiger partial charge in [-0.25, -0.2) is 9.97 Å². The summed E-state index contributed by atoms with van der Waals surface area (Å²) >= 11 is -1.11. The number of hydrogen-bond acceptors (Lipinski definition) is 6. The number of fused-ring (bicyclic) bond motifs is 4. The normalized spacial score (nSPS) is 28.1. The average molecular weight is 447 g/mol. The smallest absolute Gasteiger partial charge is 0.216 e. The summed E-state index contributed by atoms with van der Waals surface area (Å²) in [5.41, 5.74) is 3.44. The molecule has 4 heterocycles. The number of hydrogen-bond donors (Lipinski definition) is 4. The average Bonchev–Trinajstić information content (AvgIpc) is 3.35. The van der Waals surface area contributed by atoms with Gasteiger partial charge in [-0.05, 0) is 77.2 Å². The number of nitrogens with zero attached hydrogens (tertiary/aromatic N) is 2. The summed E-state index contributed by atoms with van der Waals surface area (Å²) in [6.45, 7) is 0.0369. The number of rotatable bonds is 4. The van der Waals surface area contributed by atoms with Crippen molar-refractivity contribution in [3.05, 3.63) is 29.5 Å². The van der Waals surface area contributed by atoms with Gasteiger partial charge < -0.3 is 19.7 Å². The molecule has 1 unspecified atom stereocenters. The van der Waals surface area contributed by atoms with Crippen LogP contribution in [0.5, 0.6) is 0 Å². The van der Waals surface area contributed by atoms with Gasteiger partial charge >= 0.3 is 0 Å². The first-order chi connectivity index (χ1) is 14.5. The second-order valence-electron chi connectivity index (χ2n) is 8.98. The summed E-state index contributed by atoms with van der Waals surface area (Å²) in [5, 5.41) is 13.4. The number of benzene rings is 1. The molecule has 1 aromatic carbocycles. The van der Waals surface area contributed by atoms with E-state index in [-0.39, 0.29) is 17.4 Å². The minimum Gasteiger partial charge on any atom is -0.611 e. The molecule has 1 saturated carbocycles. The molecule has 3 aliphatic heterocycles. The molecule has 0 amide bonds. The van der Waals surface area contributed by atoms with Crippen LogP contribution in [-0.2, 0) is 27.7 Å². The Morgan fingerprint density at radius 2 is 2.20 bits per heavy atom. The van der Waals surface area contributed by atoms with Crippen LogP contribution in [-0.4, -0.2) is 47.5 Å². The van der Waals surface area contributed by atoms with Gasteiger partial charge in [-0.15, -0.1) is 0 Å². The van der Waals surface area contributed by atoms with Crippen molar-refractivity contribution in [1.82, 2.24) is 9.97 Å². The molecule has 1 aromatic heterocycles. The minimum absolute atomic E-state index is 0.0369. The summed E-state index contributed by atoms with van der Waals surface area (Å²) in [7, 11) is -2.35. The number of nitrogens with one attached hydrogen (secondary N) is 2. The number of aryl methyl sites for hydroxylation is 1. The van der Waals surface area contributed by atoms with Gasteiger partial charge in [-0.2, -0.15) is 0 Å². The van der Waals surface area contributed by atoms with Gasteiger partial charge in [-0.3, -0.25) is 4.21 Å². The monoisotopic (exact) mass is 446 g/mol. The highest BCUT2D eigenvalue weighted by Gasteiger charge is 2.42. The van der Waals surface area contributed by atoms with Crippen LogP contribution in [0.15, 0.2) is 23.1 Å². The van der Waals surface area contributed by atoms with E-state index in [2.05, 4.69) is 16.1 Å². The lowest BCUT2D eigenvalue weighted by Gasteiger charge is -2.41. The molecule has 30 heavy (non-hydrogen) atoms. The molecule has 7 nitrogen and oxygen atoms in total. The maximum Gasteiger partial charge on any atom is 0.216 e. The van der Waals surface area contributed by atoms with E-state index in [0.29, 0.717) is 28.7 Å². The summed E-state index contributed by atoms with van der Waals surface area (Å²) in [6.07, 6.45) is 5.45. The second kappa shape index (κ2) is 6.66. The maximum absolute atomic E-state index is 13.1. The summed E-state index contributed by atoms with van der Waals surface area (Å²) < 4.78 is 29.1. The molecule has 9 heteroatoms. The third-order valence-corrected chi connectivity index (χ3v) is 11.7. The topological polar surface area (TPSA) is 110 Å².